The molecule has 1 rings (SSSR count). The Morgan fingerprint density at radius 3 is 1.58 bits per heavy atom. The van der Waals surface area contributed by atoms with Crippen molar-refractivity contribution in [2.45, 2.75) is 211 Å². The van der Waals surface area contributed by atoms with E-state index in [1.807, 2.05) is 0 Å². The van der Waals surface area contributed by atoms with Crippen LogP contribution in [-0.2, 0) is 14.3 Å². The molecular weight excluding hydrogens is 574 g/mol. The van der Waals surface area contributed by atoms with Crippen molar-refractivity contribution < 1.29 is 39.8 Å². The molecule has 1 heterocycles. The maximum Gasteiger partial charge on any atom is 0.220 e. The molecule has 0 unspecified atom stereocenters. The van der Waals surface area contributed by atoms with Gasteiger partial charge >= 0.3 is 0 Å². The monoisotopic (exact) mass is 646 g/mol. The molecule has 9 nitrogen and oxygen atoms in total. The number of rotatable bonds is 30. The van der Waals surface area contributed by atoms with Gasteiger partial charge in [-0.25, -0.2) is 0 Å². The van der Waals surface area contributed by atoms with Crippen molar-refractivity contribution in [3.63, 3.8) is 0 Å². The van der Waals surface area contributed by atoms with Crippen LogP contribution in [0.2, 0.25) is 0 Å². The fourth-order valence-corrected chi connectivity index (χ4v) is 6.10. The largest absolute Gasteiger partial charge is 0.394 e. The Hall–Kier alpha value is -0.810. The lowest BCUT2D eigenvalue weighted by molar-refractivity contribution is -0.302. The molecule has 0 bridgehead atoms. The van der Waals surface area contributed by atoms with E-state index in [4.69, 9.17) is 9.47 Å². The molecule has 1 aliphatic rings. The summed E-state index contributed by atoms with van der Waals surface area (Å²) in [6, 6.07) is -0.708. The lowest BCUT2D eigenvalue weighted by Crippen LogP contribution is -2.60. The Morgan fingerprint density at radius 1 is 0.667 bits per heavy atom. The first-order valence-electron chi connectivity index (χ1n) is 18.7. The molecule has 6 N–H and O–H groups in total. The van der Waals surface area contributed by atoms with Gasteiger partial charge in [-0.3, -0.25) is 4.79 Å². The van der Waals surface area contributed by atoms with Gasteiger partial charge in [-0.15, -0.1) is 0 Å². The van der Waals surface area contributed by atoms with Crippen LogP contribution >= 0.6 is 0 Å². The van der Waals surface area contributed by atoms with Crippen molar-refractivity contribution in [2.75, 3.05) is 13.2 Å². The van der Waals surface area contributed by atoms with E-state index in [0.29, 0.717) is 12.8 Å². The zero-order valence-electron chi connectivity index (χ0n) is 28.9. The first kappa shape index (κ1) is 42.2. The van der Waals surface area contributed by atoms with Crippen LogP contribution in [0.25, 0.3) is 0 Å². The second-order valence-corrected chi connectivity index (χ2v) is 13.4. The average molecular weight is 646 g/mol. The SMILES string of the molecule is CCCCCCCCCCCCCC(=O)N[C@@H](CO[C@H]1O[C@H](CO)[C@H](O)[C@H](O)[C@H]1O)[C@@H](O)CCCCCCCCCCCCC. The fraction of sp³-hybridized carbons (Fsp3) is 0.972. The third-order valence-electron chi connectivity index (χ3n) is 9.21. The van der Waals surface area contributed by atoms with Crippen molar-refractivity contribution in [3.05, 3.63) is 0 Å². The van der Waals surface area contributed by atoms with E-state index >= 15 is 0 Å². The fourth-order valence-electron chi connectivity index (χ4n) is 6.10. The normalized spacial score (nSPS) is 23.2. The van der Waals surface area contributed by atoms with Gasteiger partial charge in [-0.2, -0.15) is 0 Å². The van der Waals surface area contributed by atoms with E-state index in [9.17, 15) is 30.3 Å². The number of nitrogens with one attached hydrogen (secondary N) is 1. The van der Waals surface area contributed by atoms with E-state index in [0.717, 1.165) is 38.5 Å². The van der Waals surface area contributed by atoms with Crippen molar-refractivity contribution in [1.82, 2.24) is 5.32 Å². The van der Waals surface area contributed by atoms with Gasteiger partial charge in [-0.1, -0.05) is 149 Å². The second kappa shape index (κ2) is 28.2. The average Bonchev–Trinajstić information content (AvgIpc) is 3.04. The first-order valence-corrected chi connectivity index (χ1v) is 18.7. The van der Waals surface area contributed by atoms with Gasteiger partial charge in [0.2, 0.25) is 5.91 Å². The van der Waals surface area contributed by atoms with Gasteiger partial charge in [0.25, 0.3) is 0 Å². The predicted octanol–water partition coefficient (Wildman–Crippen LogP) is 6.05. The summed E-state index contributed by atoms with van der Waals surface area (Å²) < 4.78 is 11.2. The molecule has 0 spiro atoms. The maximum absolute atomic E-state index is 12.8. The molecule has 1 amide bonds. The molecule has 0 saturated carbocycles. The summed E-state index contributed by atoms with van der Waals surface area (Å²) in [5, 5.41) is 53.9. The number of carbonyl (C=O) groups excluding carboxylic acids is 1. The molecule has 1 fully saturated rings. The minimum absolute atomic E-state index is 0.133. The highest BCUT2D eigenvalue weighted by molar-refractivity contribution is 5.76. The molecule has 0 radical (unpaired) electrons. The van der Waals surface area contributed by atoms with Crippen LogP contribution in [-0.4, -0.2) is 87.5 Å². The second-order valence-electron chi connectivity index (χ2n) is 13.4. The van der Waals surface area contributed by atoms with Gasteiger partial charge in [0.15, 0.2) is 6.29 Å². The van der Waals surface area contributed by atoms with Gasteiger partial charge in [0.1, 0.15) is 24.4 Å². The number of aliphatic hydroxyl groups excluding tert-OH is 5. The summed E-state index contributed by atoms with van der Waals surface area (Å²) >= 11 is 0. The zero-order valence-corrected chi connectivity index (χ0v) is 28.9. The first-order chi connectivity index (χ1) is 21.8. The Bertz CT molecular complexity index is 681. The Morgan fingerprint density at radius 2 is 1.11 bits per heavy atom. The Labute approximate surface area is 274 Å². The molecule has 0 aliphatic carbocycles. The van der Waals surface area contributed by atoms with Gasteiger partial charge < -0.3 is 40.3 Å². The molecule has 1 saturated heterocycles. The molecule has 1 aliphatic heterocycles. The molecule has 0 aromatic heterocycles. The van der Waals surface area contributed by atoms with Crippen LogP contribution in [0.4, 0.5) is 0 Å². The number of ether oxygens (including phenoxy) is 2. The van der Waals surface area contributed by atoms with E-state index in [1.165, 1.54) is 103 Å². The topological polar surface area (TPSA) is 149 Å². The molecule has 0 aromatic carbocycles. The minimum atomic E-state index is -1.55. The third-order valence-corrected chi connectivity index (χ3v) is 9.21. The summed E-state index contributed by atoms with van der Waals surface area (Å²) in [7, 11) is 0. The smallest absolute Gasteiger partial charge is 0.220 e. The van der Waals surface area contributed by atoms with Gasteiger partial charge in [0, 0.05) is 6.42 Å². The Kier molecular flexibility index (Phi) is 26.5. The number of unbranched alkanes of at least 4 members (excludes halogenated alkanes) is 20. The van der Waals surface area contributed by atoms with E-state index < -0.39 is 49.5 Å². The highest BCUT2D eigenvalue weighted by Gasteiger charge is 2.44. The standard InChI is InChI=1S/C36H71NO8/c1-3-5-7-9-11-13-15-17-19-21-23-25-30(39)29(28-44-36-35(43)34(42)33(41)31(27-38)45-36)37-32(40)26-24-22-20-18-16-14-12-10-8-6-4-2/h29-31,33-36,38-39,41-43H,3-28H2,1-2H3,(H,37,40)/t29-,30-,31+,33-,34-,35+,36-/m0/s1. The summed E-state index contributed by atoms with van der Waals surface area (Å²) in [5.41, 5.74) is 0. The quantitative estimate of drug-likeness (QED) is 0.0517. The van der Waals surface area contributed by atoms with Crippen LogP contribution in [0.3, 0.4) is 0 Å². The van der Waals surface area contributed by atoms with Crippen molar-refractivity contribution in [3.8, 4) is 0 Å². The maximum atomic E-state index is 12.8. The van der Waals surface area contributed by atoms with Crippen LogP contribution in [0, 0.1) is 0 Å². The molecule has 0 aromatic rings. The number of carbonyl (C=O) groups is 1. The van der Waals surface area contributed by atoms with Gasteiger partial charge in [-0.05, 0) is 12.8 Å². The minimum Gasteiger partial charge on any atom is -0.394 e. The summed E-state index contributed by atoms with van der Waals surface area (Å²) in [6.45, 7) is 3.79. The third kappa shape index (κ3) is 20.2. The number of aliphatic hydroxyl groups is 5. The van der Waals surface area contributed by atoms with Crippen LogP contribution in [0.5, 0.6) is 0 Å². The van der Waals surface area contributed by atoms with Crippen LogP contribution in [0.15, 0.2) is 0 Å². The van der Waals surface area contributed by atoms with E-state index in [1.54, 1.807) is 0 Å². The Balaban J connectivity index is 2.44. The number of amides is 1. The number of hydrogen-bond donors (Lipinski definition) is 6. The van der Waals surface area contributed by atoms with Crippen LogP contribution < -0.4 is 5.32 Å². The van der Waals surface area contributed by atoms with E-state index in [-0.39, 0.29) is 12.5 Å². The zero-order chi connectivity index (χ0) is 33.1. The lowest BCUT2D eigenvalue weighted by atomic mass is 9.99. The van der Waals surface area contributed by atoms with Crippen molar-refractivity contribution >= 4 is 5.91 Å². The summed E-state index contributed by atoms with van der Waals surface area (Å²) in [4.78, 5) is 12.8. The lowest BCUT2D eigenvalue weighted by Gasteiger charge is -2.40. The predicted molar refractivity (Wildman–Crippen MR) is 180 cm³/mol. The van der Waals surface area contributed by atoms with E-state index in [2.05, 4.69) is 19.2 Å². The van der Waals surface area contributed by atoms with Gasteiger partial charge in [0.05, 0.1) is 25.4 Å². The molecule has 268 valence electrons. The summed E-state index contributed by atoms with van der Waals surface area (Å²) in [5.74, 6) is -0.147. The number of hydrogen-bond acceptors (Lipinski definition) is 8. The highest BCUT2D eigenvalue weighted by Crippen LogP contribution is 2.23. The molecule has 7 atom stereocenters. The molecule has 9 heteroatoms. The van der Waals surface area contributed by atoms with Crippen LogP contribution in [0.1, 0.15) is 168 Å². The van der Waals surface area contributed by atoms with Crippen molar-refractivity contribution in [2.24, 2.45) is 0 Å². The van der Waals surface area contributed by atoms with Crippen molar-refractivity contribution in [1.29, 1.82) is 0 Å². The highest BCUT2D eigenvalue weighted by atomic mass is 16.7. The molecular formula is C36H71NO8. The molecule has 45 heavy (non-hydrogen) atoms. The summed E-state index contributed by atoms with van der Waals surface area (Å²) in [6.07, 6.45) is 19.6.